The Balaban J connectivity index is 2.59. The van der Waals surface area contributed by atoms with Crippen LogP contribution in [0.5, 0.6) is 5.75 Å². The van der Waals surface area contributed by atoms with Crippen molar-refractivity contribution in [3.8, 4) is 5.75 Å². The van der Waals surface area contributed by atoms with Gasteiger partial charge in [-0.25, -0.2) is 4.39 Å². The largest absolute Gasteiger partial charge is 0.493 e. The normalized spacial score (nSPS) is 14.5. The molecule has 0 amide bonds. The molecule has 10 heavy (non-hydrogen) atoms. The van der Waals surface area contributed by atoms with E-state index in [1.807, 2.05) is 0 Å². The van der Waals surface area contributed by atoms with E-state index >= 15 is 0 Å². The molecule has 1 aliphatic heterocycles. The zero-order chi connectivity index (χ0) is 6.97. The molecule has 0 saturated heterocycles. The maximum atomic E-state index is 12.8. The fourth-order valence-corrected chi connectivity index (χ4v) is 1.18. The molecule has 0 aromatic heterocycles. The van der Waals surface area contributed by atoms with Crippen molar-refractivity contribution < 1.29 is 9.13 Å². The van der Waals surface area contributed by atoms with Gasteiger partial charge < -0.3 is 4.74 Å². The molecule has 1 nitrogen and oxygen atoms in total. The van der Waals surface area contributed by atoms with Gasteiger partial charge in [-0.2, -0.15) is 0 Å². The molecule has 0 fully saturated rings. The summed E-state index contributed by atoms with van der Waals surface area (Å²) in [6.45, 7) is 0.621. The second-order valence-corrected chi connectivity index (χ2v) is 2.31. The summed E-state index contributed by atoms with van der Waals surface area (Å²) in [5, 5.41) is 0. The summed E-state index contributed by atoms with van der Waals surface area (Å²) < 4.78 is 18.0. The van der Waals surface area contributed by atoms with Gasteiger partial charge in [0.2, 0.25) is 0 Å². The molecule has 0 bridgehead atoms. The van der Waals surface area contributed by atoms with Crippen molar-refractivity contribution in [1.29, 1.82) is 0 Å². The van der Waals surface area contributed by atoms with Crippen LogP contribution >= 0.6 is 0 Å². The Morgan fingerprint density at radius 2 is 2.30 bits per heavy atom. The third kappa shape index (κ3) is 0.685. The summed E-state index contributed by atoms with van der Waals surface area (Å²) >= 11 is 0. The molecule has 1 heterocycles. The van der Waals surface area contributed by atoms with Crippen LogP contribution < -0.4 is 4.74 Å². The first-order valence-electron chi connectivity index (χ1n) is 3.28. The van der Waals surface area contributed by atoms with E-state index in [0.717, 1.165) is 5.56 Å². The van der Waals surface area contributed by atoms with Gasteiger partial charge in [-0.3, -0.25) is 0 Å². The molecule has 1 aliphatic rings. The number of benzene rings is 1. The molecule has 0 spiro atoms. The van der Waals surface area contributed by atoms with E-state index in [2.05, 4.69) is 0 Å². The summed E-state index contributed by atoms with van der Waals surface area (Å²) in [4.78, 5) is 0. The molecule has 0 aliphatic carbocycles. The molecule has 0 atom stereocenters. The van der Waals surface area contributed by atoms with Crippen LogP contribution in [0, 0.1) is 5.82 Å². The molecular formula is C8H7FO. The first-order valence-corrected chi connectivity index (χ1v) is 3.28. The highest BCUT2D eigenvalue weighted by Gasteiger charge is 2.14. The van der Waals surface area contributed by atoms with Crippen molar-refractivity contribution in [3.05, 3.63) is 29.6 Å². The number of hydrogen-bond donors (Lipinski definition) is 0. The maximum absolute atomic E-state index is 12.8. The Labute approximate surface area is 58.4 Å². The fourth-order valence-electron chi connectivity index (χ4n) is 1.18. The predicted molar refractivity (Wildman–Crippen MR) is 35.6 cm³/mol. The van der Waals surface area contributed by atoms with Crippen molar-refractivity contribution in [2.24, 2.45) is 0 Å². The SMILES string of the molecule is Fc1cccc2c1CCO2. The quantitative estimate of drug-likeness (QED) is 0.530. The van der Waals surface area contributed by atoms with Crippen LogP contribution in [-0.4, -0.2) is 6.61 Å². The van der Waals surface area contributed by atoms with Crippen LogP contribution in [-0.2, 0) is 6.42 Å². The van der Waals surface area contributed by atoms with Gasteiger partial charge in [-0.1, -0.05) is 6.07 Å². The monoisotopic (exact) mass is 138 g/mol. The zero-order valence-electron chi connectivity index (χ0n) is 5.43. The minimum absolute atomic E-state index is 0.144. The Hall–Kier alpha value is -1.05. The Morgan fingerprint density at radius 3 is 3.10 bits per heavy atom. The Morgan fingerprint density at radius 1 is 1.40 bits per heavy atom. The van der Waals surface area contributed by atoms with Crippen molar-refractivity contribution in [1.82, 2.24) is 0 Å². The highest BCUT2D eigenvalue weighted by atomic mass is 19.1. The molecule has 52 valence electrons. The Kier molecular flexibility index (Phi) is 1.13. The van der Waals surface area contributed by atoms with E-state index in [0.29, 0.717) is 18.8 Å². The van der Waals surface area contributed by atoms with Gasteiger partial charge >= 0.3 is 0 Å². The third-order valence-electron chi connectivity index (χ3n) is 1.69. The first-order chi connectivity index (χ1) is 4.88. The van der Waals surface area contributed by atoms with E-state index in [9.17, 15) is 4.39 Å². The molecular weight excluding hydrogens is 131 g/mol. The third-order valence-corrected chi connectivity index (χ3v) is 1.69. The second kappa shape index (κ2) is 1.97. The van der Waals surface area contributed by atoms with Gasteiger partial charge in [0.15, 0.2) is 0 Å². The van der Waals surface area contributed by atoms with Crippen LogP contribution in [0.1, 0.15) is 5.56 Å². The van der Waals surface area contributed by atoms with Gasteiger partial charge in [0, 0.05) is 12.0 Å². The average molecular weight is 138 g/mol. The van der Waals surface area contributed by atoms with Gasteiger partial charge in [0.05, 0.1) is 6.61 Å². The molecule has 2 heteroatoms. The predicted octanol–water partition coefficient (Wildman–Crippen LogP) is 1.76. The number of halogens is 1. The number of fused-ring (bicyclic) bond motifs is 1. The molecule has 0 saturated carbocycles. The molecule has 0 unspecified atom stereocenters. The summed E-state index contributed by atoms with van der Waals surface area (Å²) in [6, 6.07) is 4.93. The van der Waals surface area contributed by atoms with Crippen LogP contribution in [0.25, 0.3) is 0 Å². The van der Waals surface area contributed by atoms with Crippen LogP contribution in [0.4, 0.5) is 4.39 Å². The molecule has 1 aromatic rings. The lowest BCUT2D eigenvalue weighted by Gasteiger charge is -1.96. The molecule has 0 N–H and O–H groups in total. The lowest BCUT2D eigenvalue weighted by atomic mass is 10.2. The lowest BCUT2D eigenvalue weighted by molar-refractivity contribution is 0.357. The van der Waals surface area contributed by atoms with Gasteiger partial charge in [0.25, 0.3) is 0 Å². The first kappa shape index (κ1) is 5.71. The van der Waals surface area contributed by atoms with E-state index in [1.165, 1.54) is 6.07 Å². The topological polar surface area (TPSA) is 9.23 Å². The number of hydrogen-bond acceptors (Lipinski definition) is 1. The smallest absolute Gasteiger partial charge is 0.130 e. The number of ether oxygens (including phenoxy) is 1. The molecule has 0 radical (unpaired) electrons. The van der Waals surface area contributed by atoms with Crippen molar-refractivity contribution >= 4 is 0 Å². The van der Waals surface area contributed by atoms with Gasteiger partial charge in [-0.05, 0) is 12.1 Å². The van der Waals surface area contributed by atoms with Crippen molar-refractivity contribution in [2.45, 2.75) is 6.42 Å². The van der Waals surface area contributed by atoms with Crippen LogP contribution in [0.3, 0.4) is 0 Å². The lowest BCUT2D eigenvalue weighted by Crippen LogP contribution is -1.86. The average Bonchev–Trinajstić information content (AvgIpc) is 2.36. The molecule has 1 aromatic carbocycles. The fraction of sp³-hybridized carbons (Fsp3) is 0.250. The second-order valence-electron chi connectivity index (χ2n) is 2.31. The van der Waals surface area contributed by atoms with Crippen LogP contribution in [0.2, 0.25) is 0 Å². The minimum Gasteiger partial charge on any atom is -0.493 e. The maximum Gasteiger partial charge on any atom is 0.130 e. The van der Waals surface area contributed by atoms with Crippen LogP contribution in [0.15, 0.2) is 18.2 Å². The minimum atomic E-state index is -0.144. The zero-order valence-corrected chi connectivity index (χ0v) is 5.43. The van der Waals surface area contributed by atoms with E-state index in [4.69, 9.17) is 4.74 Å². The molecule has 2 rings (SSSR count). The summed E-state index contributed by atoms with van der Waals surface area (Å²) in [7, 11) is 0. The van der Waals surface area contributed by atoms with E-state index in [1.54, 1.807) is 12.1 Å². The highest BCUT2D eigenvalue weighted by Crippen LogP contribution is 2.26. The summed E-state index contributed by atoms with van der Waals surface area (Å²) in [5.74, 6) is 0.565. The Bertz CT molecular complexity index is 257. The highest BCUT2D eigenvalue weighted by molar-refractivity contribution is 5.37. The van der Waals surface area contributed by atoms with E-state index in [-0.39, 0.29) is 5.82 Å². The number of rotatable bonds is 0. The van der Waals surface area contributed by atoms with Gasteiger partial charge in [-0.15, -0.1) is 0 Å². The van der Waals surface area contributed by atoms with Crippen molar-refractivity contribution in [2.75, 3.05) is 6.61 Å². The summed E-state index contributed by atoms with van der Waals surface area (Å²) in [5.41, 5.74) is 0.725. The summed E-state index contributed by atoms with van der Waals surface area (Å²) in [6.07, 6.45) is 0.710. The van der Waals surface area contributed by atoms with Gasteiger partial charge in [0.1, 0.15) is 11.6 Å². The van der Waals surface area contributed by atoms with E-state index < -0.39 is 0 Å². The van der Waals surface area contributed by atoms with Crippen molar-refractivity contribution in [3.63, 3.8) is 0 Å². The standard InChI is InChI=1S/C8H7FO/c9-7-2-1-3-8-6(7)4-5-10-8/h1-3H,4-5H2.